The minimum Gasteiger partial charge on any atom is -0.289 e. The Bertz CT molecular complexity index is 1030. The van der Waals surface area contributed by atoms with E-state index in [9.17, 15) is 9.59 Å². The molecule has 3 aromatic carbocycles. The standard InChI is InChI=1S/C22H14O2/c23-21-18-9-4-3-8-16(18)20(22(21)24)17-11-5-10-15-14-7-2-1-6-13(14)12-19(15)17/h1-11,20H,12H2. The first-order valence-electron chi connectivity index (χ1n) is 8.13. The molecule has 114 valence electrons. The summed E-state index contributed by atoms with van der Waals surface area (Å²) in [5, 5.41) is 0. The molecule has 0 N–H and O–H groups in total. The Morgan fingerprint density at radius 3 is 2.21 bits per heavy atom. The van der Waals surface area contributed by atoms with E-state index in [0.29, 0.717) is 5.56 Å². The highest BCUT2D eigenvalue weighted by atomic mass is 16.2. The fourth-order valence-corrected chi connectivity index (χ4v) is 4.12. The van der Waals surface area contributed by atoms with Gasteiger partial charge in [0.05, 0.1) is 5.92 Å². The monoisotopic (exact) mass is 310 g/mol. The number of Topliss-reactive ketones (excluding diaryl/α,β-unsaturated/α-hetero) is 2. The maximum absolute atomic E-state index is 12.7. The average molecular weight is 310 g/mol. The molecule has 0 bridgehead atoms. The van der Waals surface area contributed by atoms with Gasteiger partial charge in [0.15, 0.2) is 0 Å². The van der Waals surface area contributed by atoms with Gasteiger partial charge >= 0.3 is 0 Å². The second kappa shape index (κ2) is 4.75. The van der Waals surface area contributed by atoms with E-state index in [1.165, 1.54) is 22.3 Å². The van der Waals surface area contributed by atoms with Gasteiger partial charge in [-0.3, -0.25) is 9.59 Å². The molecule has 1 unspecified atom stereocenters. The molecule has 0 saturated carbocycles. The zero-order chi connectivity index (χ0) is 16.3. The molecule has 2 nitrogen and oxygen atoms in total. The lowest BCUT2D eigenvalue weighted by atomic mass is 9.87. The minimum atomic E-state index is -0.460. The molecule has 0 spiro atoms. The summed E-state index contributed by atoms with van der Waals surface area (Å²) in [4.78, 5) is 25.0. The number of carbonyl (C=O) groups excluding carboxylic acids is 2. The summed E-state index contributed by atoms with van der Waals surface area (Å²) >= 11 is 0. The summed E-state index contributed by atoms with van der Waals surface area (Å²) in [5.41, 5.74) is 7.27. The number of hydrogen-bond acceptors (Lipinski definition) is 2. The Kier molecular flexibility index (Phi) is 2.66. The van der Waals surface area contributed by atoms with Crippen molar-refractivity contribution in [1.82, 2.24) is 0 Å². The van der Waals surface area contributed by atoms with Gasteiger partial charge in [-0.25, -0.2) is 0 Å². The minimum absolute atomic E-state index is 0.305. The van der Waals surface area contributed by atoms with Gasteiger partial charge in [-0.05, 0) is 39.8 Å². The van der Waals surface area contributed by atoms with Crippen LogP contribution in [0.2, 0.25) is 0 Å². The van der Waals surface area contributed by atoms with E-state index in [1.807, 2.05) is 42.5 Å². The summed E-state index contributed by atoms with van der Waals surface area (Å²) in [6.07, 6.45) is 0.821. The number of carbonyl (C=O) groups is 2. The Labute approximate surface area is 139 Å². The lowest BCUT2D eigenvalue weighted by Gasteiger charge is -2.15. The number of ketones is 2. The van der Waals surface area contributed by atoms with E-state index in [1.54, 1.807) is 6.07 Å². The molecule has 0 fully saturated rings. The number of hydrogen-bond donors (Lipinski definition) is 0. The first-order valence-corrected chi connectivity index (χ1v) is 8.13. The van der Waals surface area contributed by atoms with Gasteiger partial charge in [-0.2, -0.15) is 0 Å². The van der Waals surface area contributed by atoms with Crippen LogP contribution < -0.4 is 0 Å². The highest BCUT2D eigenvalue weighted by Crippen LogP contribution is 2.44. The van der Waals surface area contributed by atoms with Crippen LogP contribution in [0.5, 0.6) is 0 Å². The second-order valence-corrected chi connectivity index (χ2v) is 6.42. The fraction of sp³-hybridized carbons (Fsp3) is 0.0909. The topological polar surface area (TPSA) is 34.1 Å². The van der Waals surface area contributed by atoms with Crippen molar-refractivity contribution >= 4 is 11.6 Å². The molecular formula is C22H14O2. The number of rotatable bonds is 1. The van der Waals surface area contributed by atoms with Gasteiger partial charge in [-0.15, -0.1) is 0 Å². The zero-order valence-corrected chi connectivity index (χ0v) is 13.0. The van der Waals surface area contributed by atoms with E-state index >= 15 is 0 Å². The van der Waals surface area contributed by atoms with E-state index in [2.05, 4.69) is 18.2 Å². The SMILES string of the molecule is O=C1C(=O)C(c2cccc3c2Cc2ccccc2-3)c2ccccc21. The predicted molar refractivity (Wildman–Crippen MR) is 92.3 cm³/mol. The van der Waals surface area contributed by atoms with Crippen LogP contribution >= 0.6 is 0 Å². The van der Waals surface area contributed by atoms with Crippen LogP contribution in [-0.2, 0) is 11.2 Å². The molecule has 0 heterocycles. The Morgan fingerprint density at radius 1 is 0.667 bits per heavy atom. The van der Waals surface area contributed by atoms with Crippen molar-refractivity contribution in [3.63, 3.8) is 0 Å². The van der Waals surface area contributed by atoms with Crippen molar-refractivity contribution < 1.29 is 9.59 Å². The molecule has 0 aromatic heterocycles. The number of benzene rings is 3. The summed E-state index contributed by atoms with van der Waals surface area (Å²) in [7, 11) is 0. The third kappa shape index (κ3) is 1.65. The van der Waals surface area contributed by atoms with Crippen LogP contribution in [0.1, 0.15) is 38.5 Å². The van der Waals surface area contributed by atoms with Crippen molar-refractivity contribution in [3.8, 4) is 11.1 Å². The fourth-order valence-electron chi connectivity index (χ4n) is 4.12. The summed E-state index contributed by atoms with van der Waals surface area (Å²) < 4.78 is 0. The van der Waals surface area contributed by atoms with Crippen molar-refractivity contribution in [2.24, 2.45) is 0 Å². The highest BCUT2D eigenvalue weighted by Gasteiger charge is 2.40. The lowest BCUT2D eigenvalue weighted by molar-refractivity contribution is -0.115. The molecule has 0 aliphatic heterocycles. The van der Waals surface area contributed by atoms with Gasteiger partial charge < -0.3 is 0 Å². The molecular weight excluding hydrogens is 296 g/mol. The smallest absolute Gasteiger partial charge is 0.229 e. The molecule has 5 rings (SSSR count). The maximum atomic E-state index is 12.7. The summed E-state index contributed by atoms with van der Waals surface area (Å²) in [6, 6.07) is 21.8. The summed E-state index contributed by atoms with van der Waals surface area (Å²) in [5.74, 6) is -1.12. The maximum Gasteiger partial charge on any atom is 0.229 e. The molecule has 2 aliphatic carbocycles. The molecule has 2 heteroatoms. The van der Waals surface area contributed by atoms with Crippen LogP contribution in [0.15, 0.2) is 66.7 Å². The average Bonchev–Trinajstić information content (AvgIpc) is 3.12. The van der Waals surface area contributed by atoms with Crippen LogP contribution in [0, 0.1) is 0 Å². The van der Waals surface area contributed by atoms with E-state index < -0.39 is 5.92 Å². The zero-order valence-electron chi connectivity index (χ0n) is 13.0. The predicted octanol–water partition coefficient (Wildman–Crippen LogP) is 4.16. The second-order valence-electron chi connectivity index (χ2n) is 6.42. The van der Waals surface area contributed by atoms with Crippen molar-refractivity contribution in [2.45, 2.75) is 12.3 Å². The normalized spacial score (nSPS) is 17.6. The van der Waals surface area contributed by atoms with Gasteiger partial charge in [0.2, 0.25) is 11.6 Å². The molecule has 2 aliphatic rings. The molecule has 0 radical (unpaired) electrons. The first-order chi connectivity index (χ1) is 11.8. The molecule has 3 aromatic rings. The van der Waals surface area contributed by atoms with Crippen LogP contribution in [-0.4, -0.2) is 11.6 Å². The van der Waals surface area contributed by atoms with Crippen LogP contribution in [0.4, 0.5) is 0 Å². The van der Waals surface area contributed by atoms with E-state index in [-0.39, 0.29) is 11.6 Å². The van der Waals surface area contributed by atoms with Gasteiger partial charge in [0, 0.05) is 5.56 Å². The first kappa shape index (κ1) is 13.4. The van der Waals surface area contributed by atoms with Gasteiger partial charge in [0.25, 0.3) is 0 Å². The van der Waals surface area contributed by atoms with Gasteiger partial charge in [0.1, 0.15) is 0 Å². The molecule has 24 heavy (non-hydrogen) atoms. The van der Waals surface area contributed by atoms with Crippen molar-refractivity contribution in [2.75, 3.05) is 0 Å². The molecule has 0 saturated heterocycles. The molecule has 0 amide bonds. The highest BCUT2D eigenvalue weighted by molar-refractivity contribution is 6.49. The summed E-state index contributed by atoms with van der Waals surface area (Å²) in [6.45, 7) is 0. The third-order valence-electron chi connectivity index (χ3n) is 5.20. The van der Waals surface area contributed by atoms with E-state index in [4.69, 9.17) is 0 Å². The Hall–Kier alpha value is -3.00. The number of fused-ring (bicyclic) bond motifs is 4. The van der Waals surface area contributed by atoms with Crippen molar-refractivity contribution in [1.29, 1.82) is 0 Å². The van der Waals surface area contributed by atoms with Crippen LogP contribution in [0.3, 0.4) is 0 Å². The third-order valence-corrected chi connectivity index (χ3v) is 5.20. The van der Waals surface area contributed by atoms with E-state index in [0.717, 1.165) is 17.5 Å². The lowest BCUT2D eigenvalue weighted by Crippen LogP contribution is -2.14. The van der Waals surface area contributed by atoms with Crippen molar-refractivity contribution in [3.05, 3.63) is 94.5 Å². The van der Waals surface area contributed by atoms with Gasteiger partial charge in [-0.1, -0.05) is 66.7 Å². The van der Waals surface area contributed by atoms with Crippen LogP contribution in [0.25, 0.3) is 11.1 Å². The largest absolute Gasteiger partial charge is 0.289 e. The Morgan fingerprint density at radius 2 is 1.33 bits per heavy atom. The molecule has 1 atom stereocenters. The Balaban J connectivity index is 1.73. The quantitative estimate of drug-likeness (QED) is 0.495.